The van der Waals surface area contributed by atoms with E-state index in [1.54, 1.807) is 37.3 Å². The van der Waals surface area contributed by atoms with E-state index in [1.807, 2.05) is 6.92 Å². The van der Waals surface area contributed by atoms with E-state index in [4.69, 9.17) is 23.6 Å². The van der Waals surface area contributed by atoms with Crippen molar-refractivity contribution in [1.82, 2.24) is 4.57 Å². The first-order chi connectivity index (χ1) is 20.7. The molecule has 0 aliphatic carbocycles. The minimum atomic E-state index is -4.49. The summed E-state index contributed by atoms with van der Waals surface area (Å²) in [5.74, 6) is 0.980. The Morgan fingerprint density at radius 3 is 2.70 bits per heavy atom. The molecule has 43 heavy (non-hydrogen) atoms. The summed E-state index contributed by atoms with van der Waals surface area (Å²) in [6, 6.07) is 12.4. The topological polar surface area (TPSA) is 92.3 Å². The molecule has 2 aromatic heterocycles. The molecule has 2 aromatic carbocycles. The van der Waals surface area contributed by atoms with Crippen LogP contribution in [-0.4, -0.2) is 23.9 Å². The van der Waals surface area contributed by atoms with Crippen molar-refractivity contribution in [2.24, 2.45) is 4.99 Å². The smallest absolute Gasteiger partial charge is 0.416 e. The van der Waals surface area contributed by atoms with Crippen LogP contribution in [0.25, 0.3) is 17.4 Å². The fraction of sp³-hybridized carbons (Fsp3) is 0.258. The molecule has 0 spiro atoms. The van der Waals surface area contributed by atoms with Crippen molar-refractivity contribution in [3.63, 3.8) is 0 Å². The number of hydrogen-bond acceptors (Lipinski definition) is 8. The number of furan rings is 1. The number of nitrogens with zero attached hydrogens (tertiary/aromatic N) is 2. The van der Waals surface area contributed by atoms with E-state index in [-0.39, 0.29) is 40.6 Å². The molecule has 0 fully saturated rings. The molecule has 4 aromatic rings. The molecule has 1 atom stereocenters. The minimum absolute atomic E-state index is 0.0643. The highest BCUT2D eigenvalue weighted by atomic mass is 32.1. The summed E-state index contributed by atoms with van der Waals surface area (Å²) >= 11 is 1.13. The number of ether oxygens (including phenoxy) is 3. The number of esters is 1. The largest absolute Gasteiger partial charge is 0.463 e. The zero-order chi connectivity index (χ0) is 30.3. The Hall–Kier alpha value is -4.58. The van der Waals surface area contributed by atoms with Gasteiger partial charge in [0.2, 0.25) is 6.79 Å². The molecule has 0 saturated carbocycles. The molecule has 0 N–H and O–H groups in total. The summed E-state index contributed by atoms with van der Waals surface area (Å²) in [6.07, 6.45) is -1.79. The second-order valence-electron chi connectivity index (χ2n) is 9.81. The third-order valence-corrected chi connectivity index (χ3v) is 7.96. The van der Waals surface area contributed by atoms with E-state index in [0.29, 0.717) is 40.4 Å². The fourth-order valence-corrected chi connectivity index (χ4v) is 6.08. The molecule has 1 unspecified atom stereocenters. The normalized spacial score (nSPS) is 16.3. The molecule has 0 saturated heterocycles. The van der Waals surface area contributed by atoms with Gasteiger partial charge >= 0.3 is 12.1 Å². The lowest BCUT2D eigenvalue weighted by atomic mass is 9.94. The number of hydrogen-bond donors (Lipinski definition) is 0. The summed E-state index contributed by atoms with van der Waals surface area (Å²) in [7, 11) is 0. The van der Waals surface area contributed by atoms with Crippen LogP contribution in [0.3, 0.4) is 0 Å². The lowest BCUT2D eigenvalue weighted by Crippen LogP contribution is -2.40. The van der Waals surface area contributed by atoms with Crippen molar-refractivity contribution in [3.8, 4) is 22.8 Å². The molecule has 6 rings (SSSR count). The van der Waals surface area contributed by atoms with Crippen molar-refractivity contribution < 1.29 is 36.6 Å². The highest BCUT2D eigenvalue weighted by molar-refractivity contribution is 7.07. The van der Waals surface area contributed by atoms with Crippen LogP contribution in [0, 0.1) is 0 Å². The van der Waals surface area contributed by atoms with Crippen LogP contribution in [0.4, 0.5) is 13.2 Å². The predicted molar refractivity (Wildman–Crippen MR) is 151 cm³/mol. The van der Waals surface area contributed by atoms with Gasteiger partial charge in [-0.1, -0.05) is 42.9 Å². The fourth-order valence-electron chi connectivity index (χ4n) is 5.08. The third kappa shape index (κ3) is 5.38. The number of allylic oxidation sites excluding steroid dienone is 1. The molecule has 0 bridgehead atoms. The van der Waals surface area contributed by atoms with Crippen molar-refractivity contribution in [1.29, 1.82) is 0 Å². The van der Waals surface area contributed by atoms with Crippen LogP contribution < -0.4 is 24.4 Å². The van der Waals surface area contributed by atoms with Crippen LogP contribution >= 0.6 is 11.3 Å². The summed E-state index contributed by atoms with van der Waals surface area (Å²) < 4.78 is 63.7. The van der Waals surface area contributed by atoms with Gasteiger partial charge in [0.1, 0.15) is 11.5 Å². The number of thiazole rings is 1. The average molecular weight is 611 g/mol. The number of carbonyl (C=O) groups excluding carboxylic acids is 1. The van der Waals surface area contributed by atoms with E-state index < -0.39 is 29.3 Å². The number of carbonyl (C=O) groups is 1. The second kappa shape index (κ2) is 11.3. The van der Waals surface area contributed by atoms with Crippen molar-refractivity contribution in [2.45, 2.75) is 38.9 Å². The quantitative estimate of drug-likeness (QED) is 0.254. The maximum atomic E-state index is 13.9. The van der Waals surface area contributed by atoms with Gasteiger partial charge in [-0.2, -0.15) is 13.2 Å². The van der Waals surface area contributed by atoms with Crippen LogP contribution in [0.2, 0.25) is 0 Å². The van der Waals surface area contributed by atoms with E-state index >= 15 is 0 Å². The van der Waals surface area contributed by atoms with E-state index in [0.717, 1.165) is 23.5 Å². The predicted octanol–water partition coefficient (Wildman–Crippen LogP) is 5.59. The summed E-state index contributed by atoms with van der Waals surface area (Å²) in [5.41, 5.74) is 0.462. The molecular formula is C31H25F3N2O6S. The monoisotopic (exact) mass is 610 g/mol. The van der Waals surface area contributed by atoms with E-state index in [2.05, 4.69) is 0 Å². The Labute approximate surface area is 247 Å². The second-order valence-corrected chi connectivity index (χ2v) is 10.8. The Morgan fingerprint density at radius 2 is 1.93 bits per heavy atom. The van der Waals surface area contributed by atoms with Gasteiger partial charge in [-0.05, 0) is 55.3 Å². The molecule has 2 aliphatic rings. The third-order valence-electron chi connectivity index (χ3n) is 6.98. The Bertz CT molecular complexity index is 1940. The van der Waals surface area contributed by atoms with Crippen molar-refractivity contribution in [2.75, 3.05) is 13.4 Å². The maximum absolute atomic E-state index is 13.9. The van der Waals surface area contributed by atoms with Crippen LogP contribution in [-0.2, 0) is 15.7 Å². The molecule has 222 valence electrons. The number of fused-ring (bicyclic) bond motifs is 2. The van der Waals surface area contributed by atoms with Crippen LogP contribution in [0.1, 0.15) is 49.6 Å². The lowest BCUT2D eigenvalue weighted by molar-refractivity contribution is -0.139. The average Bonchev–Trinajstić information content (AvgIpc) is 3.72. The highest BCUT2D eigenvalue weighted by Crippen LogP contribution is 2.39. The van der Waals surface area contributed by atoms with E-state index in [9.17, 15) is 22.8 Å². The molecule has 0 amide bonds. The van der Waals surface area contributed by atoms with Gasteiger partial charge in [0.25, 0.3) is 5.56 Å². The van der Waals surface area contributed by atoms with Gasteiger partial charge in [-0.25, -0.2) is 9.79 Å². The number of aromatic nitrogens is 1. The van der Waals surface area contributed by atoms with Crippen LogP contribution in [0.15, 0.2) is 80.1 Å². The molecule has 4 heterocycles. The van der Waals surface area contributed by atoms with Crippen molar-refractivity contribution in [3.05, 3.63) is 102 Å². The zero-order valence-electron chi connectivity index (χ0n) is 23.1. The van der Waals surface area contributed by atoms with Gasteiger partial charge in [0.15, 0.2) is 16.3 Å². The lowest BCUT2D eigenvalue weighted by Gasteiger charge is -2.25. The summed E-state index contributed by atoms with van der Waals surface area (Å²) in [5, 5.41) is 0. The Morgan fingerprint density at radius 1 is 1.12 bits per heavy atom. The first-order valence-corrected chi connectivity index (χ1v) is 14.4. The number of alkyl halides is 3. The van der Waals surface area contributed by atoms with Gasteiger partial charge < -0.3 is 18.6 Å². The van der Waals surface area contributed by atoms with Gasteiger partial charge in [-0.15, -0.1) is 0 Å². The molecular weight excluding hydrogens is 585 g/mol. The first kappa shape index (κ1) is 28.5. The van der Waals surface area contributed by atoms with Crippen molar-refractivity contribution >= 4 is 23.4 Å². The Balaban J connectivity index is 1.48. The zero-order valence-corrected chi connectivity index (χ0v) is 23.9. The summed E-state index contributed by atoms with van der Waals surface area (Å²) in [4.78, 5) is 32.4. The molecule has 12 heteroatoms. The SMILES string of the molecule is CCCC1=C(C(=O)OCC)C(c2ccc3c(c2)OCO3)n2c(s/c(=C\c3ccc(-c4cccc(C(F)(F)F)c4)o3)c2=O)=N1. The molecule has 2 aliphatic heterocycles. The number of rotatable bonds is 7. The number of benzene rings is 2. The number of halogens is 3. The van der Waals surface area contributed by atoms with Gasteiger partial charge in [-0.3, -0.25) is 9.36 Å². The summed E-state index contributed by atoms with van der Waals surface area (Å²) in [6.45, 7) is 3.89. The van der Waals surface area contributed by atoms with Gasteiger partial charge in [0, 0.05) is 11.6 Å². The highest BCUT2D eigenvalue weighted by Gasteiger charge is 2.35. The standard InChI is InChI=1S/C31H25F3N2O6S/c1-3-6-21-26(29(38)39-4-2)27(18-9-11-23-24(14-18)41-16-40-23)36-28(37)25(43-30(36)35-21)15-20-10-12-22(42-20)17-7-5-8-19(13-17)31(32,33)34/h5,7-15,27H,3-4,6,16H2,1-2H3/b25-15-. The first-order valence-electron chi connectivity index (χ1n) is 13.6. The van der Waals surface area contributed by atoms with E-state index in [1.165, 1.54) is 22.8 Å². The maximum Gasteiger partial charge on any atom is 0.416 e. The minimum Gasteiger partial charge on any atom is -0.463 e. The molecule has 8 nitrogen and oxygen atoms in total. The molecule has 0 radical (unpaired) electrons. The Kier molecular flexibility index (Phi) is 7.47. The van der Waals surface area contributed by atoms with Crippen LogP contribution in [0.5, 0.6) is 11.5 Å². The van der Waals surface area contributed by atoms with Gasteiger partial charge in [0.05, 0.1) is 34.0 Å².